The average molecular weight is 390 g/mol. The smallest absolute Gasteiger partial charge is 0.255 e. The Morgan fingerprint density at radius 2 is 2.19 bits per heavy atom. The number of aryl methyl sites for hydroxylation is 1. The van der Waals surface area contributed by atoms with E-state index < -0.39 is 0 Å². The molecule has 1 aromatic carbocycles. The molecule has 1 amide bonds. The van der Waals surface area contributed by atoms with Gasteiger partial charge in [0.2, 0.25) is 0 Å². The Morgan fingerprint density at radius 3 is 2.81 bits per heavy atom. The molecule has 1 aliphatic heterocycles. The normalized spacial score (nSPS) is 16.9. The molecule has 146 valence electrons. The van der Waals surface area contributed by atoms with Gasteiger partial charge < -0.3 is 10.1 Å². The molecule has 0 aliphatic carbocycles. The summed E-state index contributed by atoms with van der Waals surface area (Å²) in [5, 5.41) is 8.48. The number of hydrogen-bond donors (Lipinski definition) is 1. The highest BCUT2D eigenvalue weighted by atomic mass is 35.5. The number of carbonyl (C=O) groups excluding carboxylic acids is 1. The quantitative estimate of drug-likeness (QED) is 0.757. The summed E-state index contributed by atoms with van der Waals surface area (Å²) in [5.74, 6) is 0.0545. The number of benzene rings is 1. The average Bonchev–Trinajstić information content (AvgIpc) is 3.28. The largest absolute Gasteiger partial charge is 0.376 e. The van der Waals surface area contributed by atoms with Gasteiger partial charge in [-0.1, -0.05) is 50.9 Å². The number of hydrogen-bond acceptors (Lipinski definition) is 3. The van der Waals surface area contributed by atoms with Crippen LogP contribution >= 0.6 is 11.6 Å². The summed E-state index contributed by atoms with van der Waals surface area (Å²) < 4.78 is 7.48. The number of aromatic nitrogens is 2. The van der Waals surface area contributed by atoms with E-state index in [0.29, 0.717) is 17.1 Å². The van der Waals surface area contributed by atoms with Crippen molar-refractivity contribution in [2.45, 2.75) is 58.5 Å². The lowest BCUT2D eigenvalue weighted by Gasteiger charge is -2.15. The summed E-state index contributed by atoms with van der Waals surface area (Å²) >= 11 is 6.42. The maximum atomic E-state index is 13.1. The van der Waals surface area contributed by atoms with Crippen molar-refractivity contribution >= 4 is 17.5 Å². The van der Waals surface area contributed by atoms with Gasteiger partial charge in [-0.05, 0) is 37.3 Å². The fourth-order valence-electron chi connectivity index (χ4n) is 3.58. The zero-order valence-corrected chi connectivity index (χ0v) is 17.1. The summed E-state index contributed by atoms with van der Waals surface area (Å²) in [4.78, 5) is 13.1. The Bertz CT molecular complexity index is 795. The Kier molecular flexibility index (Phi) is 6.55. The third-order valence-electron chi connectivity index (χ3n) is 4.85. The van der Waals surface area contributed by atoms with Crippen molar-refractivity contribution in [2.24, 2.45) is 0 Å². The van der Waals surface area contributed by atoms with E-state index in [2.05, 4.69) is 26.1 Å². The minimum absolute atomic E-state index is 0.0732. The molecule has 27 heavy (non-hydrogen) atoms. The van der Waals surface area contributed by atoms with Gasteiger partial charge in [0.15, 0.2) is 0 Å². The van der Waals surface area contributed by atoms with Crippen molar-refractivity contribution in [3.63, 3.8) is 0 Å². The predicted octanol–water partition coefficient (Wildman–Crippen LogP) is 4.51. The van der Waals surface area contributed by atoms with Crippen molar-refractivity contribution in [1.29, 1.82) is 0 Å². The minimum Gasteiger partial charge on any atom is -0.376 e. The van der Waals surface area contributed by atoms with Crippen LogP contribution in [-0.2, 0) is 11.2 Å². The van der Waals surface area contributed by atoms with E-state index >= 15 is 0 Å². The number of rotatable bonds is 7. The molecule has 1 fully saturated rings. The first-order chi connectivity index (χ1) is 13.0. The zero-order valence-electron chi connectivity index (χ0n) is 16.3. The maximum absolute atomic E-state index is 13.1. The molecule has 0 bridgehead atoms. The highest BCUT2D eigenvalue weighted by Crippen LogP contribution is 2.30. The number of amides is 1. The van der Waals surface area contributed by atoms with Crippen molar-refractivity contribution in [3.05, 3.63) is 46.2 Å². The molecule has 0 radical (unpaired) electrons. The molecule has 0 saturated carbocycles. The van der Waals surface area contributed by atoms with Gasteiger partial charge in [0.05, 0.1) is 33.8 Å². The molecular formula is C21H28ClN3O2. The molecule has 1 atom stereocenters. The monoisotopic (exact) mass is 389 g/mol. The lowest BCUT2D eigenvalue weighted by molar-refractivity contribution is 0.0856. The number of ether oxygens (including phenoxy) is 1. The molecule has 5 nitrogen and oxygen atoms in total. The minimum atomic E-state index is -0.0732. The van der Waals surface area contributed by atoms with Crippen LogP contribution in [-0.4, -0.2) is 34.9 Å². The van der Waals surface area contributed by atoms with E-state index in [1.807, 2.05) is 28.9 Å². The predicted molar refractivity (Wildman–Crippen MR) is 108 cm³/mol. The van der Waals surface area contributed by atoms with Crippen LogP contribution in [0.1, 0.15) is 67.7 Å². The van der Waals surface area contributed by atoms with Gasteiger partial charge in [0.1, 0.15) is 0 Å². The molecule has 6 heteroatoms. The number of halogens is 1. The van der Waals surface area contributed by atoms with E-state index in [1.54, 1.807) is 0 Å². The van der Waals surface area contributed by atoms with Crippen LogP contribution in [0, 0.1) is 0 Å². The lowest BCUT2D eigenvalue weighted by Crippen LogP contribution is -2.32. The van der Waals surface area contributed by atoms with Crippen molar-refractivity contribution in [1.82, 2.24) is 15.1 Å². The summed E-state index contributed by atoms with van der Waals surface area (Å²) in [5.41, 5.74) is 3.21. The van der Waals surface area contributed by atoms with Gasteiger partial charge in [-0.3, -0.25) is 4.79 Å². The highest BCUT2D eigenvalue weighted by Gasteiger charge is 2.27. The van der Waals surface area contributed by atoms with Gasteiger partial charge in [0, 0.05) is 13.2 Å². The fourth-order valence-corrected chi connectivity index (χ4v) is 3.79. The Morgan fingerprint density at radius 1 is 1.41 bits per heavy atom. The third kappa shape index (κ3) is 4.36. The molecule has 2 aromatic rings. The molecule has 1 N–H and O–H groups in total. The van der Waals surface area contributed by atoms with Gasteiger partial charge in [-0.2, -0.15) is 5.10 Å². The summed E-state index contributed by atoms with van der Waals surface area (Å²) in [6.45, 7) is 7.58. The highest BCUT2D eigenvalue weighted by molar-refractivity contribution is 6.32. The molecule has 2 heterocycles. The fraction of sp³-hybridized carbons (Fsp3) is 0.524. The second-order valence-corrected chi connectivity index (χ2v) is 7.73. The van der Waals surface area contributed by atoms with E-state index in [0.717, 1.165) is 49.4 Å². The Hall–Kier alpha value is -1.85. The molecule has 1 aliphatic rings. The topological polar surface area (TPSA) is 56.2 Å². The second kappa shape index (κ2) is 8.89. The van der Waals surface area contributed by atoms with Crippen molar-refractivity contribution in [3.8, 4) is 5.69 Å². The Labute approximate surface area is 166 Å². The summed E-state index contributed by atoms with van der Waals surface area (Å²) in [6.07, 6.45) is 3.84. The van der Waals surface area contributed by atoms with E-state index in [-0.39, 0.29) is 17.9 Å². The maximum Gasteiger partial charge on any atom is 0.255 e. The first kappa shape index (κ1) is 19.9. The standard InChI is InChI=1S/C21H28ClN3O2/c1-4-8-17-19(21(26)23-13-15-9-7-12-27-15)20(14(2)3)25(24-17)18-11-6-5-10-16(18)22/h5-6,10-11,14-15H,4,7-9,12-13H2,1-3H3,(H,23,26)/t15-/m0/s1. The van der Waals surface area contributed by atoms with E-state index in [9.17, 15) is 4.79 Å². The molecular weight excluding hydrogens is 362 g/mol. The number of nitrogens with one attached hydrogen (secondary N) is 1. The van der Waals surface area contributed by atoms with Crippen LogP contribution in [0.4, 0.5) is 0 Å². The van der Waals surface area contributed by atoms with Crippen LogP contribution in [0.2, 0.25) is 5.02 Å². The number of para-hydroxylation sites is 1. The van der Waals surface area contributed by atoms with Crippen LogP contribution in [0.25, 0.3) is 5.69 Å². The molecule has 1 aromatic heterocycles. The lowest BCUT2D eigenvalue weighted by atomic mass is 10.0. The summed E-state index contributed by atoms with van der Waals surface area (Å²) in [6, 6.07) is 7.61. The van der Waals surface area contributed by atoms with Gasteiger partial charge in [-0.15, -0.1) is 0 Å². The third-order valence-corrected chi connectivity index (χ3v) is 5.17. The molecule has 0 spiro atoms. The Balaban J connectivity index is 1.99. The van der Waals surface area contributed by atoms with Gasteiger partial charge in [0.25, 0.3) is 5.91 Å². The molecule has 0 unspecified atom stereocenters. The number of carbonyl (C=O) groups is 1. The van der Waals surface area contributed by atoms with Gasteiger partial charge in [-0.25, -0.2) is 4.68 Å². The molecule has 1 saturated heterocycles. The number of nitrogens with zero attached hydrogens (tertiary/aromatic N) is 2. The van der Waals surface area contributed by atoms with Crippen LogP contribution in [0.15, 0.2) is 24.3 Å². The van der Waals surface area contributed by atoms with E-state index in [4.69, 9.17) is 21.4 Å². The SMILES string of the molecule is CCCc1nn(-c2ccccc2Cl)c(C(C)C)c1C(=O)NC[C@@H]1CCCO1. The zero-order chi connectivity index (χ0) is 19.4. The van der Waals surface area contributed by atoms with Crippen LogP contribution in [0.3, 0.4) is 0 Å². The first-order valence-corrected chi connectivity index (χ1v) is 10.2. The van der Waals surface area contributed by atoms with E-state index in [1.165, 1.54) is 0 Å². The van der Waals surface area contributed by atoms with Gasteiger partial charge >= 0.3 is 0 Å². The van der Waals surface area contributed by atoms with Crippen molar-refractivity contribution < 1.29 is 9.53 Å². The second-order valence-electron chi connectivity index (χ2n) is 7.32. The molecule has 3 rings (SSSR count). The summed E-state index contributed by atoms with van der Waals surface area (Å²) in [7, 11) is 0. The van der Waals surface area contributed by atoms with Crippen LogP contribution < -0.4 is 5.32 Å². The van der Waals surface area contributed by atoms with Crippen molar-refractivity contribution in [2.75, 3.05) is 13.2 Å². The van der Waals surface area contributed by atoms with Crippen LogP contribution in [0.5, 0.6) is 0 Å². The first-order valence-electron chi connectivity index (χ1n) is 9.79.